The van der Waals surface area contributed by atoms with Crippen LogP contribution in [0.5, 0.6) is 11.5 Å². The fourth-order valence-electron chi connectivity index (χ4n) is 2.61. The number of carbonyl (C=O) groups is 1. The quantitative estimate of drug-likeness (QED) is 0.592. The number of nitrogens with zero attached hydrogens (tertiary/aromatic N) is 1. The molecule has 146 valence electrons. The van der Waals surface area contributed by atoms with E-state index in [2.05, 4.69) is 10.1 Å². The second-order valence-electron chi connectivity index (χ2n) is 5.64. The summed E-state index contributed by atoms with van der Waals surface area (Å²) in [5.74, 6) is -0.200. The highest BCUT2D eigenvalue weighted by atomic mass is 32.1. The van der Waals surface area contributed by atoms with Crippen molar-refractivity contribution in [2.45, 2.75) is 13.3 Å². The number of para-hydroxylation sites is 1. The first kappa shape index (κ1) is 19.7. The van der Waals surface area contributed by atoms with E-state index in [1.807, 2.05) is 19.1 Å². The Kier molecular flexibility index (Phi) is 5.55. The summed E-state index contributed by atoms with van der Waals surface area (Å²) < 4.78 is 46.2. The molecule has 0 radical (unpaired) electrons. The van der Waals surface area contributed by atoms with Gasteiger partial charge in [-0.3, -0.25) is 9.69 Å². The molecule has 0 atom stereocenters. The van der Waals surface area contributed by atoms with Crippen LogP contribution in [0, 0.1) is 0 Å². The minimum atomic E-state index is -4.79. The van der Waals surface area contributed by atoms with Gasteiger partial charge < -0.3 is 14.8 Å². The van der Waals surface area contributed by atoms with Gasteiger partial charge in [0, 0.05) is 5.56 Å². The predicted molar refractivity (Wildman–Crippen MR) is 102 cm³/mol. The molecular formula is C19H15F3N2O3S. The SMILES string of the molecule is CCOc1ccccc1/C=C1\NC(=S)N(c2ccc(OC(F)(F)F)cc2)C1=O. The molecule has 0 unspecified atom stereocenters. The number of thiocarbonyl (C=S) groups is 1. The summed E-state index contributed by atoms with van der Waals surface area (Å²) in [6.07, 6.45) is -3.17. The van der Waals surface area contributed by atoms with Crippen LogP contribution in [0.25, 0.3) is 6.08 Å². The van der Waals surface area contributed by atoms with E-state index in [4.69, 9.17) is 17.0 Å². The van der Waals surface area contributed by atoms with Gasteiger partial charge in [0.05, 0.1) is 12.3 Å². The number of halogens is 3. The number of ether oxygens (including phenoxy) is 2. The summed E-state index contributed by atoms with van der Waals surface area (Å²) >= 11 is 5.21. The van der Waals surface area contributed by atoms with Crippen LogP contribution in [0.15, 0.2) is 54.2 Å². The number of nitrogens with one attached hydrogen (secondary N) is 1. The normalized spacial score (nSPS) is 15.7. The lowest BCUT2D eigenvalue weighted by Crippen LogP contribution is -2.30. The van der Waals surface area contributed by atoms with Crippen molar-refractivity contribution < 1.29 is 27.4 Å². The lowest BCUT2D eigenvalue weighted by molar-refractivity contribution is -0.274. The molecule has 1 aliphatic heterocycles. The predicted octanol–water partition coefficient (Wildman–Crippen LogP) is 4.25. The molecule has 3 rings (SSSR count). The number of hydrogen-bond acceptors (Lipinski definition) is 4. The molecule has 2 aromatic carbocycles. The summed E-state index contributed by atoms with van der Waals surface area (Å²) in [6, 6.07) is 12.1. The minimum absolute atomic E-state index is 0.120. The molecule has 0 aromatic heterocycles. The molecule has 1 N–H and O–H groups in total. The molecule has 9 heteroatoms. The molecule has 2 aromatic rings. The van der Waals surface area contributed by atoms with Crippen molar-refractivity contribution >= 4 is 35.0 Å². The van der Waals surface area contributed by atoms with Crippen molar-refractivity contribution in [3.8, 4) is 11.5 Å². The largest absolute Gasteiger partial charge is 0.573 e. The van der Waals surface area contributed by atoms with Crippen molar-refractivity contribution in [1.29, 1.82) is 0 Å². The molecule has 28 heavy (non-hydrogen) atoms. The monoisotopic (exact) mass is 408 g/mol. The Balaban J connectivity index is 1.84. The van der Waals surface area contributed by atoms with Crippen molar-refractivity contribution in [2.75, 3.05) is 11.5 Å². The second kappa shape index (κ2) is 7.89. The third-order valence-electron chi connectivity index (χ3n) is 3.73. The molecule has 0 bridgehead atoms. The smallest absolute Gasteiger partial charge is 0.493 e. The van der Waals surface area contributed by atoms with Gasteiger partial charge in [-0.25, -0.2) is 0 Å². The van der Waals surface area contributed by atoms with Gasteiger partial charge in [0.25, 0.3) is 5.91 Å². The van der Waals surface area contributed by atoms with Crippen LogP contribution in [0.2, 0.25) is 0 Å². The summed E-state index contributed by atoms with van der Waals surface area (Å²) in [7, 11) is 0. The first-order valence-electron chi connectivity index (χ1n) is 8.23. The van der Waals surface area contributed by atoms with Crippen molar-refractivity contribution in [3.05, 3.63) is 59.8 Å². The summed E-state index contributed by atoms with van der Waals surface area (Å²) in [6.45, 7) is 2.32. The summed E-state index contributed by atoms with van der Waals surface area (Å²) in [4.78, 5) is 14.0. The van der Waals surface area contributed by atoms with Gasteiger partial charge in [-0.15, -0.1) is 13.2 Å². The van der Waals surface area contributed by atoms with Gasteiger partial charge >= 0.3 is 6.36 Å². The zero-order valence-electron chi connectivity index (χ0n) is 14.6. The van der Waals surface area contributed by atoms with Gasteiger partial charge in [0.15, 0.2) is 5.11 Å². The Morgan fingerprint density at radius 1 is 1.14 bits per heavy atom. The highest BCUT2D eigenvalue weighted by Gasteiger charge is 2.33. The number of amides is 1. The van der Waals surface area contributed by atoms with E-state index in [9.17, 15) is 18.0 Å². The lowest BCUT2D eigenvalue weighted by atomic mass is 10.1. The molecule has 1 saturated heterocycles. The Morgan fingerprint density at radius 2 is 1.82 bits per heavy atom. The van der Waals surface area contributed by atoms with Crippen molar-refractivity contribution in [1.82, 2.24) is 5.32 Å². The summed E-state index contributed by atoms with van der Waals surface area (Å²) in [5.41, 5.74) is 1.24. The van der Waals surface area contributed by atoms with E-state index in [1.54, 1.807) is 18.2 Å². The highest BCUT2D eigenvalue weighted by Crippen LogP contribution is 2.28. The number of hydrogen-bond donors (Lipinski definition) is 1. The Labute approximate surface area is 164 Å². The standard InChI is InChI=1S/C19H15F3N2O3S/c1-2-26-16-6-4-3-5-12(16)11-15-17(25)24(18(28)23-15)13-7-9-14(10-8-13)27-19(20,21)22/h3-11H,2H2,1H3,(H,23,28)/b15-11-. The van der Waals surface area contributed by atoms with E-state index in [-0.39, 0.29) is 16.6 Å². The van der Waals surface area contributed by atoms with E-state index in [0.717, 1.165) is 12.1 Å². The first-order chi connectivity index (χ1) is 13.3. The first-order valence-corrected chi connectivity index (χ1v) is 8.64. The fraction of sp³-hybridized carbons (Fsp3) is 0.158. The van der Waals surface area contributed by atoms with E-state index >= 15 is 0 Å². The number of alkyl halides is 3. The zero-order valence-corrected chi connectivity index (χ0v) is 15.4. The van der Waals surface area contributed by atoms with Gasteiger partial charge in [0.2, 0.25) is 0 Å². The fourth-order valence-corrected chi connectivity index (χ4v) is 2.91. The number of carbonyl (C=O) groups excluding carboxylic acids is 1. The van der Waals surface area contributed by atoms with Crippen molar-refractivity contribution in [2.24, 2.45) is 0 Å². The Hall–Kier alpha value is -3.07. The van der Waals surface area contributed by atoms with Crippen molar-refractivity contribution in [3.63, 3.8) is 0 Å². The molecule has 1 aliphatic rings. The minimum Gasteiger partial charge on any atom is -0.493 e. The Morgan fingerprint density at radius 3 is 2.46 bits per heavy atom. The van der Waals surface area contributed by atoms with Gasteiger partial charge in [0.1, 0.15) is 17.2 Å². The van der Waals surface area contributed by atoms with Gasteiger partial charge in [-0.05, 0) is 55.5 Å². The maximum Gasteiger partial charge on any atom is 0.573 e. The van der Waals surface area contributed by atoms with Crippen LogP contribution in [-0.4, -0.2) is 24.0 Å². The molecule has 1 amide bonds. The summed E-state index contributed by atoms with van der Waals surface area (Å²) in [5, 5.41) is 2.95. The average molecular weight is 408 g/mol. The van der Waals surface area contributed by atoms with Gasteiger partial charge in [-0.1, -0.05) is 18.2 Å². The van der Waals surface area contributed by atoms with Crippen LogP contribution in [-0.2, 0) is 4.79 Å². The third-order valence-corrected chi connectivity index (χ3v) is 4.01. The van der Waals surface area contributed by atoms with Crippen LogP contribution >= 0.6 is 12.2 Å². The zero-order chi connectivity index (χ0) is 20.3. The third kappa shape index (κ3) is 4.42. The molecule has 0 aliphatic carbocycles. The maximum absolute atomic E-state index is 12.8. The molecular weight excluding hydrogens is 393 g/mol. The van der Waals surface area contributed by atoms with Crippen LogP contribution in [0.4, 0.5) is 18.9 Å². The van der Waals surface area contributed by atoms with E-state index < -0.39 is 12.3 Å². The van der Waals surface area contributed by atoms with Gasteiger partial charge in [-0.2, -0.15) is 0 Å². The molecule has 0 saturated carbocycles. The lowest BCUT2D eigenvalue weighted by Gasteiger charge is -2.15. The Bertz CT molecular complexity index is 927. The van der Waals surface area contributed by atoms with E-state index in [0.29, 0.717) is 23.6 Å². The van der Waals surface area contributed by atoms with E-state index in [1.165, 1.54) is 17.0 Å². The molecule has 1 heterocycles. The number of rotatable bonds is 5. The second-order valence-corrected chi connectivity index (χ2v) is 6.03. The maximum atomic E-state index is 12.8. The highest BCUT2D eigenvalue weighted by molar-refractivity contribution is 7.80. The number of anilines is 1. The number of benzene rings is 2. The average Bonchev–Trinajstić information content (AvgIpc) is 2.90. The molecule has 5 nitrogen and oxygen atoms in total. The van der Waals surface area contributed by atoms with Crippen LogP contribution in [0.1, 0.15) is 12.5 Å². The van der Waals surface area contributed by atoms with Crippen LogP contribution < -0.4 is 19.7 Å². The topological polar surface area (TPSA) is 50.8 Å². The van der Waals surface area contributed by atoms with Crippen LogP contribution in [0.3, 0.4) is 0 Å². The molecule has 0 spiro atoms. The molecule has 1 fully saturated rings.